The van der Waals surface area contributed by atoms with Gasteiger partial charge in [0.1, 0.15) is 12.2 Å². The van der Waals surface area contributed by atoms with Gasteiger partial charge in [-0.25, -0.2) is 9.59 Å². The number of amides is 2. The van der Waals surface area contributed by atoms with Crippen molar-refractivity contribution >= 4 is 12.0 Å². The third kappa shape index (κ3) is 3.26. The number of hydrogen-bond acceptors (Lipinski definition) is 3. The Morgan fingerprint density at radius 1 is 1.42 bits per heavy atom. The third-order valence-corrected chi connectivity index (χ3v) is 3.57. The summed E-state index contributed by atoms with van der Waals surface area (Å²) >= 11 is 0. The van der Waals surface area contributed by atoms with Gasteiger partial charge in [-0.3, -0.25) is 0 Å². The number of carboxylic acids is 1. The second kappa shape index (κ2) is 5.21. The first-order chi connectivity index (χ1) is 8.89. The van der Waals surface area contributed by atoms with Gasteiger partial charge in [0, 0.05) is 13.1 Å². The lowest BCUT2D eigenvalue weighted by Gasteiger charge is -2.48. The van der Waals surface area contributed by atoms with Gasteiger partial charge < -0.3 is 19.6 Å². The van der Waals surface area contributed by atoms with Crippen LogP contribution in [-0.4, -0.2) is 65.3 Å². The molecule has 1 N–H and O–H groups in total. The normalized spacial score (nSPS) is 21.7. The number of carbonyl (C=O) groups excluding carboxylic acids is 1. The maximum absolute atomic E-state index is 12.2. The lowest BCUT2D eigenvalue weighted by molar-refractivity contribution is -0.160. The monoisotopic (exact) mass is 268 g/mol. The Labute approximate surface area is 112 Å². The van der Waals surface area contributed by atoms with E-state index in [2.05, 4.69) is 13.0 Å². The van der Waals surface area contributed by atoms with Crippen LogP contribution >= 0.6 is 0 Å². The van der Waals surface area contributed by atoms with Crippen LogP contribution in [0.1, 0.15) is 20.3 Å². The molecule has 0 bridgehead atoms. The molecular formula is C13H20N2O4. The quantitative estimate of drug-likeness (QED) is 0.773. The van der Waals surface area contributed by atoms with Crippen LogP contribution in [0.4, 0.5) is 4.79 Å². The van der Waals surface area contributed by atoms with Gasteiger partial charge in [-0.05, 0) is 20.3 Å². The van der Waals surface area contributed by atoms with E-state index in [0.717, 1.165) is 13.0 Å². The van der Waals surface area contributed by atoms with Crippen molar-refractivity contribution in [3.05, 3.63) is 11.6 Å². The van der Waals surface area contributed by atoms with Crippen molar-refractivity contribution in [2.24, 2.45) is 0 Å². The largest absolute Gasteiger partial charge is 0.480 e. The van der Waals surface area contributed by atoms with Crippen LogP contribution in [0.3, 0.4) is 0 Å². The SMILES string of the molecule is CC1=CCN(C(=O)N2CC(C)(OCC(=O)O)C2)CC1. The van der Waals surface area contributed by atoms with Gasteiger partial charge in [0.25, 0.3) is 0 Å². The minimum Gasteiger partial charge on any atom is -0.480 e. The number of aliphatic carboxylic acids is 1. The van der Waals surface area contributed by atoms with E-state index in [1.165, 1.54) is 5.57 Å². The van der Waals surface area contributed by atoms with Crippen LogP contribution in [0.25, 0.3) is 0 Å². The van der Waals surface area contributed by atoms with E-state index >= 15 is 0 Å². The molecule has 0 aromatic carbocycles. The molecule has 1 fully saturated rings. The van der Waals surface area contributed by atoms with Gasteiger partial charge in [0.2, 0.25) is 0 Å². The second-order valence-electron chi connectivity index (χ2n) is 5.52. The van der Waals surface area contributed by atoms with Crippen LogP contribution in [0.5, 0.6) is 0 Å². The summed E-state index contributed by atoms with van der Waals surface area (Å²) in [5.41, 5.74) is 0.803. The molecule has 0 aromatic heterocycles. The molecule has 2 rings (SSSR count). The van der Waals surface area contributed by atoms with Crippen LogP contribution in [0.2, 0.25) is 0 Å². The first-order valence-electron chi connectivity index (χ1n) is 6.45. The number of nitrogens with zero attached hydrogens (tertiary/aromatic N) is 2. The van der Waals surface area contributed by atoms with Crippen molar-refractivity contribution in [2.75, 3.05) is 32.8 Å². The molecule has 0 radical (unpaired) electrons. The van der Waals surface area contributed by atoms with Crippen molar-refractivity contribution in [1.29, 1.82) is 0 Å². The molecule has 106 valence electrons. The third-order valence-electron chi connectivity index (χ3n) is 3.57. The van der Waals surface area contributed by atoms with Crippen LogP contribution in [0.15, 0.2) is 11.6 Å². The molecule has 6 heteroatoms. The van der Waals surface area contributed by atoms with Gasteiger partial charge in [-0.2, -0.15) is 0 Å². The molecule has 19 heavy (non-hydrogen) atoms. The molecule has 0 aromatic rings. The second-order valence-corrected chi connectivity index (χ2v) is 5.52. The summed E-state index contributed by atoms with van der Waals surface area (Å²) in [5, 5.41) is 8.58. The number of likely N-dealkylation sites (tertiary alicyclic amines) is 1. The number of hydrogen-bond donors (Lipinski definition) is 1. The average molecular weight is 268 g/mol. The van der Waals surface area contributed by atoms with Gasteiger partial charge >= 0.3 is 12.0 Å². The van der Waals surface area contributed by atoms with Crippen LogP contribution in [0, 0.1) is 0 Å². The highest BCUT2D eigenvalue weighted by molar-refractivity contribution is 5.76. The van der Waals surface area contributed by atoms with Crippen LogP contribution < -0.4 is 0 Å². The molecule has 0 aliphatic carbocycles. The molecule has 2 aliphatic rings. The summed E-state index contributed by atoms with van der Waals surface area (Å²) < 4.78 is 5.29. The van der Waals surface area contributed by atoms with Crippen LogP contribution in [-0.2, 0) is 9.53 Å². The van der Waals surface area contributed by atoms with Crippen molar-refractivity contribution in [2.45, 2.75) is 25.9 Å². The van der Waals surface area contributed by atoms with Gasteiger partial charge in [-0.15, -0.1) is 0 Å². The lowest BCUT2D eigenvalue weighted by Crippen LogP contribution is -2.65. The topological polar surface area (TPSA) is 70.1 Å². The smallest absolute Gasteiger partial charge is 0.329 e. The Kier molecular flexibility index (Phi) is 3.80. The molecule has 0 unspecified atom stereocenters. The van der Waals surface area contributed by atoms with Crippen molar-refractivity contribution in [3.63, 3.8) is 0 Å². The summed E-state index contributed by atoms with van der Waals surface area (Å²) in [6, 6.07) is 0.0140. The fraction of sp³-hybridized carbons (Fsp3) is 0.692. The first-order valence-corrected chi connectivity index (χ1v) is 6.45. The van der Waals surface area contributed by atoms with E-state index in [1.54, 1.807) is 4.90 Å². The highest BCUT2D eigenvalue weighted by Crippen LogP contribution is 2.26. The molecule has 2 aliphatic heterocycles. The first kappa shape index (κ1) is 13.9. The summed E-state index contributed by atoms with van der Waals surface area (Å²) in [6.45, 7) is 5.92. The summed E-state index contributed by atoms with van der Waals surface area (Å²) in [4.78, 5) is 26.1. The van der Waals surface area contributed by atoms with Gasteiger partial charge in [0.05, 0.1) is 13.1 Å². The molecule has 0 saturated carbocycles. The Morgan fingerprint density at radius 2 is 2.11 bits per heavy atom. The molecule has 2 amide bonds. The van der Waals surface area contributed by atoms with Crippen molar-refractivity contribution in [1.82, 2.24) is 9.80 Å². The maximum atomic E-state index is 12.2. The minimum atomic E-state index is -0.984. The zero-order valence-corrected chi connectivity index (χ0v) is 11.4. The molecule has 2 heterocycles. The average Bonchev–Trinajstić information content (AvgIpc) is 2.33. The number of rotatable bonds is 3. The van der Waals surface area contributed by atoms with E-state index in [0.29, 0.717) is 19.6 Å². The van der Waals surface area contributed by atoms with E-state index in [4.69, 9.17) is 9.84 Å². The van der Waals surface area contributed by atoms with Crippen molar-refractivity contribution < 1.29 is 19.4 Å². The highest BCUT2D eigenvalue weighted by atomic mass is 16.5. The highest BCUT2D eigenvalue weighted by Gasteiger charge is 2.44. The number of ether oxygens (including phenoxy) is 1. The van der Waals surface area contributed by atoms with Gasteiger partial charge in [0.15, 0.2) is 0 Å². The lowest BCUT2D eigenvalue weighted by atomic mass is 9.97. The summed E-state index contributed by atoms with van der Waals surface area (Å²) in [5.74, 6) is -0.984. The predicted molar refractivity (Wildman–Crippen MR) is 68.9 cm³/mol. The fourth-order valence-electron chi connectivity index (χ4n) is 2.37. The van der Waals surface area contributed by atoms with E-state index in [1.807, 2.05) is 11.8 Å². The minimum absolute atomic E-state index is 0.0140. The number of carbonyl (C=O) groups is 2. The van der Waals surface area contributed by atoms with E-state index < -0.39 is 11.6 Å². The van der Waals surface area contributed by atoms with E-state index in [-0.39, 0.29) is 12.6 Å². The van der Waals surface area contributed by atoms with E-state index in [9.17, 15) is 9.59 Å². The standard InChI is InChI=1S/C13H20N2O4/c1-10-3-5-14(6-4-10)12(18)15-8-13(2,9-15)19-7-11(16)17/h3H,4-9H2,1-2H3,(H,16,17). The molecule has 6 nitrogen and oxygen atoms in total. The maximum Gasteiger partial charge on any atom is 0.329 e. The molecule has 0 spiro atoms. The summed E-state index contributed by atoms with van der Waals surface area (Å²) in [7, 11) is 0. The zero-order valence-electron chi connectivity index (χ0n) is 11.4. The fourth-order valence-corrected chi connectivity index (χ4v) is 2.37. The Balaban J connectivity index is 1.80. The Bertz CT molecular complexity index is 413. The zero-order chi connectivity index (χ0) is 14.0. The molecule has 0 atom stereocenters. The number of carboxylic acid groups (broad SMARTS) is 1. The Morgan fingerprint density at radius 3 is 2.63 bits per heavy atom. The molecule has 1 saturated heterocycles. The van der Waals surface area contributed by atoms with Crippen molar-refractivity contribution in [3.8, 4) is 0 Å². The Hall–Kier alpha value is -1.56. The van der Waals surface area contributed by atoms with Gasteiger partial charge in [-0.1, -0.05) is 11.6 Å². The predicted octanol–water partition coefficient (Wildman–Crippen LogP) is 0.934. The summed E-state index contributed by atoms with van der Waals surface area (Å²) in [6.07, 6.45) is 2.99. The molecular weight excluding hydrogens is 248 g/mol. The number of urea groups is 1.